The molecule has 0 saturated heterocycles. The molecule has 1 aromatic carbocycles. The summed E-state index contributed by atoms with van der Waals surface area (Å²) >= 11 is 1.41. The first-order chi connectivity index (χ1) is 12.6. The monoisotopic (exact) mass is 367 g/mol. The Balaban J connectivity index is 1.58. The molecule has 0 fully saturated rings. The van der Waals surface area contributed by atoms with E-state index in [9.17, 15) is 9.59 Å². The molecule has 7 nitrogen and oxygen atoms in total. The zero-order valence-corrected chi connectivity index (χ0v) is 14.8. The third kappa shape index (κ3) is 5.12. The van der Waals surface area contributed by atoms with Crippen molar-refractivity contribution >= 4 is 45.5 Å². The standard InChI is InChI=1S/C18H17N5O2S/c1-12(24)20-13-5-4-6-14(9-13)21-17(25)10-15-11-26-18(22-15)23-16-7-2-3-8-19-16/h2-9,11H,10H2,1H3,(H,20,24)(H,21,25)(H,19,22,23). The van der Waals surface area contributed by atoms with Gasteiger partial charge < -0.3 is 16.0 Å². The van der Waals surface area contributed by atoms with Gasteiger partial charge in [-0.3, -0.25) is 9.59 Å². The third-order valence-electron chi connectivity index (χ3n) is 3.26. The summed E-state index contributed by atoms with van der Waals surface area (Å²) in [7, 11) is 0. The van der Waals surface area contributed by atoms with Crippen molar-refractivity contribution in [3.8, 4) is 0 Å². The zero-order chi connectivity index (χ0) is 18.4. The summed E-state index contributed by atoms with van der Waals surface area (Å²) in [6.45, 7) is 1.43. The van der Waals surface area contributed by atoms with E-state index in [1.54, 1.807) is 30.5 Å². The molecule has 0 aliphatic heterocycles. The van der Waals surface area contributed by atoms with Gasteiger partial charge in [0.15, 0.2) is 5.13 Å². The molecule has 2 heterocycles. The number of benzene rings is 1. The van der Waals surface area contributed by atoms with Gasteiger partial charge in [0.25, 0.3) is 0 Å². The molecule has 0 radical (unpaired) electrons. The van der Waals surface area contributed by atoms with Gasteiger partial charge in [-0.1, -0.05) is 12.1 Å². The summed E-state index contributed by atoms with van der Waals surface area (Å²) in [4.78, 5) is 31.9. The third-order valence-corrected chi connectivity index (χ3v) is 4.07. The number of thiazole rings is 1. The molecule has 0 spiro atoms. The van der Waals surface area contributed by atoms with Crippen LogP contribution in [-0.2, 0) is 16.0 Å². The Hall–Kier alpha value is -3.26. The fourth-order valence-electron chi connectivity index (χ4n) is 2.24. The molecule has 0 aliphatic carbocycles. The SMILES string of the molecule is CC(=O)Nc1cccc(NC(=O)Cc2csc(Nc3ccccn3)n2)c1. The van der Waals surface area contributed by atoms with Crippen molar-refractivity contribution < 1.29 is 9.59 Å². The van der Waals surface area contributed by atoms with Crippen LogP contribution >= 0.6 is 11.3 Å². The van der Waals surface area contributed by atoms with E-state index in [-0.39, 0.29) is 18.2 Å². The van der Waals surface area contributed by atoms with Gasteiger partial charge in [-0.15, -0.1) is 11.3 Å². The van der Waals surface area contributed by atoms with Crippen molar-refractivity contribution in [3.05, 3.63) is 59.7 Å². The zero-order valence-electron chi connectivity index (χ0n) is 14.0. The van der Waals surface area contributed by atoms with Crippen LogP contribution in [0.2, 0.25) is 0 Å². The summed E-state index contributed by atoms with van der Waals surface area (Å²) in [6.07, 6.45) is 1.85. The minimum atomic E-state index is -0.181. The van der Waals surface area contributed by atoms with Crippen molar-refractivity contribution in [2.45, 2.75) is 13.3 Å². The molecule has 0 saturated carbocycles. The molecule has 2 aromatic heterocycles. The molecular formula is C18H17N5O2S. The molecule has 2 amide bonds. The quantitative estimate of drug-likeness (QED) is 0.620. The smallest absolute Gasteiger partial charge is 0.230 e. The fraction of sp³-hybridized carbons (Fsp3) is 0.111. The minimum Gasteiger partial charge on any atom is -0.326 e. The number of carbonyl (C=O) groups excluding carboxylic acids is 2. The predicted octanol–water partition coefficient (Wildman–Crippen LogP) is 3.42. The summed E-state index contributed by atoms with van der Waals surface area (Å²) in [6, 6.07) is 12.5. The van der Waals surface area contributed by atoms with Gasteiger partial charge >= 0.3 is 0 Å². The number of hydrogen-bond donors (Lipinski definition) is 3. The van der Waals surface area contributed by atoms with E-state index < -0.39 is 0 Å². The maximum Gasteiger partial charge on any atom is 0.230 e. The first kappa shape index (κ1) is 17.6. The second-order valence-corrected chi connectivity index (χ2v) is 6.33. The van der Waals surface area contributed by atoms with Crippen LogP contribution in [-0.4, -0.2) is 21.8 Å². The topological polar surface area (TPSA) is 96.0 Å². The van der Waals surface area contributed by atoms with Gasteiger partial charge in [0.2, 0.25) is 11.8 Å². The van der Waals surface area contributed by atoms with Crippen molar-refractivity contribution in [1.82, 2.24) is 9.97 Å². The molecule has 0 aliphatic rings. The second kappa shape index (κ2) is 8.21. The lowest BCUT2D eigenvalue weighted by molar-refractivity contribution is -0.116. The fourth-order valence-corrected chi connectivity index (χ4v) is 2.96. The number of rotatable bonds is 6. The van der Waals surface area contributed by atoms with E-state index >= 15 is 0 Å². The van der Waals surface area contributed by atoms with Crippen LogP contribution in [0, 0.1) is 0 Å². The van der Waals surface area contributed by atoms with Crippen molar-refractivity contribution in [1.29, 1.82) is 0 Å². The largest absolute Gasteiger partial charge is 0.326 e. The van der Waals surface area contributed by atoms with Gasteiger partial charge in [-0.25, -0.2) is 9.97 Å². The highest BCUT2D eigenvalue weighted by molar-refractivity contribution is 7.13. The Bertz CT molecular complexity index is 911. The van der Waals surface area contributed by atoms with Crippen LogP contribution in [0.15, 0.2) is 54.0 Å². The molecule has 0 bridgehead atoms. The molecular weight excluding hydrogens is 350 g/mol. The first-order valence-electron chi connectivity index (χ1n) is 7.88. The maximum absolute atomic E-state index is 12.2. The Morgan fingerprint density at radius 3 is 2.62 bits per heavy atom. The lowest BCUT2D eigenvalue weighted by atomic mass is 10.2. The van der Waals surface area contributed by atoms with Gasteiger partial charge in [0, 0.05) is 29.9 Å². The molecule has 8 heteroatoms. The highest BCUT2D eigenvalue weighted by Crippen LogP contribution is 2.20. The highest BCUT2D eigenvalue weighted by Gasteiger charge is 2.09. The van der Waals surface area contributed by atoms with Crippen LogP contribution in [0.3, 0.4) is 0 Å². The van der Waals surface area contributed by atoms with E-state index in [1.165, 1.54) is 18.3 Å². The average molecular weight is 367 g/mol. The van der Waals surface area contributed by atoms with Gasteiger partial charge in [0.1, 0.15) is 5.82 Å². The van der Waals surface area contributed by atoms with E-state index in [0.717, 1.165) is 0 Å². The van der Waals surface area contributed by atoms with Gasteiger partial charge in [0.05, 0.1) is 12.1 Å². The highest BCUT2D eigenvalue weighted by atomic mass is 32.1. The van der Waals surface area contributed by atoms with Crippen LogP contribution in [0.25, 0.3) is 0 Å². The van der Waals surface area contributed by atoms with E-state index in [2.05, 4.69) is 25.9 Å². The van der Waals surface area contributed by atoms with Gasteiger partial charge in [-0.05, 0) is 30.3 Å². The summed E-state index contributed by atoms with van der Waals surface area (Å²) < 4.78 is 0. The van der Waals surface area contributed by atoms with E-state index in [4.69, 9.17) is 0 Å². The van der Waals surface area contributed by atoms with Crippen molar-refractivity contribution in [2.24, 2.45) is 0 Å². The van der Waals surface area contributed by atoms with Crippen LogP contribution < -0.4 is 16.0 Å². The van der Waals surface area contributed by atoms with Crippen LogP contribution in [0.5, 0.6) is 0 Å². The number of nitrogens with one attached hydrogen (secondary N) is 3. The lowest BCUT2D eigenvalue weighted by Gasteiger charge is -2.07. The lowest BCUT2D eigenvalue weighted by Crippen LogP contribution is -2.15. The Kier molecular flexibility index (Phi) is 5.55. The maximum atomic E-state index is 12.2. The number of anilines is 4. The molecule has 26 heavy (non-hydrogen) atoms. The number of pyridine rings is 1. The number of carbonyl (C=O) groups is 2. The average Bonchev–Trinajstić information content (AvgIpc) is 3.02. The Labute approximate surface area is 154 Å². The van der Waals surface area contributed by atoms with Crippen molar-refractivity contribution in [2.75, 3.05) is 16.0 Å². The second-order valence-electron chi connectivity index (χ2n) is 5.47. The van der Waals surface area contributed by atoms with Crippen LogP contribution in [0.1, 0.15) is 12.6 Å². The number of amides is 2. The van der Waals surface area contributed by atoms with E-state index in [1.807, 2.05) is 23.6 Å². The molecule has 132 valence electrons. The van der Waals surface area contributed by atoms with E-state index in [0.29, 0.717) is 28.0 Å². The predicted molar refractivity (Wildman–Crippen MR) is 103 cm³/mol. The van der Waals surface area contributed by atoms with Crippen LogP contribution in [0.4, 0.5) is 22.3 Å². The van der Waals surface area contributed by atoms with Crippen molar-refractivity contribution in [3.63, 3.8) is 0 Å². The number of nitrogens with zero attached hydrogens (tertiary/aromatic N) is 2. The normalized spacial score (nSPS) is 10.2. The Morgan fingerprint density at radius 1 is 1.08 bits per heavy atom. The molecule has 0 atom stereocenters. The summed E-state index contributed by atoms with van der Waals surface area (Å²) in [5.74, 6) is 0.358. The minimum absolute atomic E-state index is 0.158. The molecule has 3 rings (SSSR count). The number of hydrogen-bond acceptors (Lipinski definition) is 6. The Morgan fingerprint density at radius 2 is 1.88 bits per heavy atom. The first-order valence-corrected chi connectivity index (χ1v) is 8.76. The van der Waals surface area contributed by atoms with Gasteiger partial charge in [-0.2, -0.15) is 0 Å². The molecule has 3 N–H and O–H groups in total. The molecule has 3 aromatic rings. The summed E-state index contributed by atoms with van der Waals surface area (Å²) in [5.41, 5.74) is 1.91. The number of aromatic nitrogens is 2. The molecule has 0 unspecified atom stereocenters. The summed E-state index contributed by atoms with van der Waals surface area (Å²) in [5, 5.41) is 11.1.